The van der Waals surface area contributed by atoms with Crippen molar-refractivity contribution in [3.8, 4) is 0 Å². The van der Waals surface area contributed by atoms with Gasteiger partial charge in [-0.3, -0.25) is 4.79 Å². The summed E-state index contributed by atoms with van der Waals surface area (Å²) in [7, 11) is 1.20. The van der Waals surface area contributed by atoms with Crippen molar-refractivity contribution in [1.29, 1.82) is 0 Å². The van der Waals surface area contributed by atoms with Gasteiger partial charge in [0.1, 0.15) is 6.54 Å². The lowest BCUT2D eigenvalue weighted by molar-refractivity contribution is -0.137. The molecule has 7 nitrogen and oxygen atoms in total. The number of hydrogen-bond acceptors (Lipinski definition) is 4. The highest BCUT2D eigenvalue weighted by atomic mass is 19.4. The monoisotopic (exact) mass is 333 g/mol. The normalized spacial score (nSPS) is 10.6. The van der Waals surface area contributed by atoms with Crippen LogP contribution in [-0.2, 0) is 9.53 Å². The first kappa shape index (κ1) is 18.3. The van der Waals surface area contributed by atoms with E-state index in [0.29, 0.717) is 0 Å². The van der Waals surface area contributed by atoms with Gasteiger partial charge in [0, 0.05) is 5.69 Å². The Morgan fingerprint density at radius 2 is 1.87 bits per heavy atom. The highest BCUT2D eigenvalue weighted by Gasteiger charge is 2.27. The molecule has 3 N–H and O–H groups in total. The molecule has 0 bridgehead atoms. The molecule has 1 aromatic rings. The maximum absolute atomic E-state index is 11.9. The Morgan fingerprint density at radius 3 is 2.48 bits per heavy atom. The van der Waals surface area contributed by atoms with Crippen molar-refractivity contribution < 1.29 is 32.3 Å². The SMILES string of the molecule is COC(=O)c1cccc(NC(=O)NCC(=O)NCC(F)(F)F)c1. The molecular formula is C13H14F3N3O4. The molecule has 0 aromatic heterocycles. The Labute approximate surface area is 129 Å². The molecule has 0 aliphatic heterocycles. The molecule has 0 saturated carbocycles. The lowest BCUT2D eigenvalue weighted by atomic mass is 10.2. The van der Waals surface area contributed by atoms with Crippen LogP contribution < -0.4 is 16.0 Å². The smallest absolute Gasteiger partial charge is 0.405 e. The van der Waals surface area contributed by atoms with Crippen LogP contribution in [0.3, 0.4) is 0 Å². The number of hydrogen-bond donors (Lipinski definition) is 3. The minimum atomic E-state index is -4.52. The zero-order valence-electron chi connectivity index (χ0n) is 12.0. The number of rotatable bonds is 5. The van der Waals surface area contributed by atoms with E-state index in [-0.39, 0.29) is 11.3 Å². The summed E-state index contributed by atoms with van der Waals surface area (Å²) in [6.45, 7) is -2.10. The first-order chi connectivity index (χ1) is 10.7. The number of carbonyl (C=O) groups excluding carboxylic acids is 3. The molecule has 10 heteroatoms. The van der Waals surface area contributed by atoms with Gasteiger partial charge >= 0.3 is 18.2 Å². The summed E-state index contributed by atoms with van der Waals surface area (Å²) < 4.78 is 40.2. The lowest BCUT2D eigenvalue weighted by Crippen LogP contribution is -2.42. The highest BCUT2D eigenvalue weighted by molar-refractivity contribution is 5.95. The average Bonchev–Trinajstić information content (AvgIpc) is 2.49. The van der Waals surface area contributed by atoms with Gasteiger partial charge in [0.15, 0.2) is 0 Å². The molecule has 1 rings (SSSR count). The Hall–Kier alpha value is -2.78. The van der Waals surface area contributed by atoms with Crippen LogP contribution in [0.25, 0.3) is 0 Å². The van der Waals surface area contributed by atoms with E-state index in [2.05, 4.69) is 15.4 Å². The third kappa shape index (κ3) is 7.16. The van der Waals surface area contributed by atoms with Crippen molar-refractivity contribution in [1.82, 2.24) is 10.6 Å². The average molecular weight is 333 g/mol. The third-order valence-corrected chi connectivity index (χ3v) is 2.44. The fraction of sp³-hybridized carbons (Fsp3) is 0.308. The molecule has 126 valence electrons. The van der Waals surface area contributed by atoms with E-state index in [1.807, 2.05) is 0 Å². The van der Waals surface area contributed by atoms with Crippen molar-refractivity contribution >= 4 is 23.6 Å². The molecule has 0 fully saturated rings. The standard InChI is InChI=1S/C13H14F3N3O4/c1-23-11(21)8-3-2-4-9(5-8)19-12(22)17-6-10(20)18-7-13(14,15)16/h2-5H,6-7H2,1H3,(H,18,20)(H2,17,19,22). The van der Waals surface area contributed by atoms with E-state index >= 15 is 0 Å². The first-order valence-electron chi connectivity index (χ1n) is 6.28. The molecule has 3 amide bonds. The van der Waals surface area contributed by atoms with Crippen LogP contribution >= 0.6 is 0 Å². The van der Waals surface area contributed by atoms with Crippen LogP contribution in [0.5, 0.6) is 0 Å². The van der Waals surface area contributed by atoms with Gasteiger partial charge in [-0.25, -0.2) is 9.59 Å². The van der Waals surface area contributed by atoms with Gasteiger partial charge < -0.3 is 20.7 Å². The van der Waals surface area contributed by atoms with Crippen LogP contribution in [0.2, 0.25) is 0 Å². The summed E-state index contributed by atoms with van der Waals surface area (Å²) in [5.74, 6) is -1.58. The van der Waals surface area contributed by atoms with Crippen molar-refractivity contribution in [2.45, 2.75) is 6.18 Å². The summed E-state index contributed by atoms with van der Waals surface area (Å²) in [5, 5.41) is 6.02. The zero-order valence-corrected chi connectivity index (χ0v) is 12.0. The Kier molecular flexibility index (Phi) is 6.36. The fourth-order valence-electron chi connectivity index (χ4n) is 1.44. The zero-order chi connectivity index (χ0) is 17.5. The van der Waals surface area contributed by atoms with Crippen LogP contribution in [0.4, 0.5) is 23.7 Å². The second-order valence-corrected chi connectivity index (χ2v) is 4.27. The highest BCUT2D eigenvalue weighted by Crippen LogP contribution is 2.12. The van der Waals surface area contributed by atoms with Gasteiger partial charge in [0.2, 0.25) is 5.91 Å². The number of halogens is 3. The maximum Gasteiger partial charge on any atom is 0.405 e. The minimum Gasteiger partial charge on any atom is -0.465 e. The number of alkyl halides is 3. The molecule has 0 saturated heterocycles. The van der Waals surface area contributed by atoms with E-state index in [1.54, 1.807) is 5.32 Å². The number of anilines is 1. The van der Waals surface area contributed by atoms with Gasteiger partial charge in [-0.2, -0.15) is 13.2 Å². The van der Waals surface area contributed by atoms with Crippen LogP contribution in [0.1, 0.15) is 10.4 Å². The Bertz CT molecular complexity index is 590. The van der Waals surface area contributed by atoms with Gasteiger partial charge in [-0.15, -0.1) is 0 Å². The molecule has 0 aliphatic rings. The maximum atomic E-state index is 11.9. The number of esters is 1. The number of benzene rings is 1. The first-order valence-corrected chi connectivity index (χ1v) is 6.28. The van der Waals surface area contributed by atoms with Crippen LogP contribution in [0.15, 0.2) is 24.3 Å². The van der Waals surface area contributed by atoms with E-state index in [9.17, 15) is 27.6 Å². The number of methoxy groups -OCH3 is 1. The largest absolute Gasteiger partial charge is 0.465 e. The second-order valence-electron chi connectivity index (χ2n) is 4.27. The number of nitrogens with one attached hydrogen (secondary N) is 3. The summed E-state index contributed by atoms with van der Waals surface area (Å²) in [4.78, 5) is 34.0. The Balaban J connectivity index is 2.45. The number of ether oxygens (including phenoxy) is 1. The molecule has 0 unspecified atom stereocenters. The van der Waals surface area contributed by atoms with Gasteiger partial charge in [0.05, 0.1) is 19.2 Å². The summed E-state index contributed by atoms with van der Waals surface area (Å²) >= 11 is 0. The second kappa shape index (κ2) is 8.01. The molecular weight excluding hydrogens is 319 g/mol. The number of urea groups is 1. The van der Waals surface area contributed by atoms with Crippen molar-refractivity contribution in [2.24, 2.45) is 0 Å². The predicted molar refractivity (Wildman–Crippen MR) is 73.9 cm³/mol. The van der Waals surface area contributed by atoms with Crippen LogP contribution in [0, 0.1) is 0 Å². The van der Waals surface area contributed by atoms with Crippen molar-refractivity contribution in [3.05, 3.63) is 29.8 Å². The molecule has 0 aliphatic carbocycles. The fourth-order valence-corrected chi connectivity index (χ4v) is 1.44. The quantitative estimate of drug-likeness (QED) is 0.707. The molecule has 23 heavy (non-hydrogen) atoms. The summed E-state index contributed by atoms with van der Waals surface area (Å²) in [5.41, 5.74) is 0.453. The molecule has 0 radical (unpaired) electrons. The van der Waals surface area contributed by atoms with Gasteiger partial charge in [-0.1, -0.05) is 6.07 Å². The molecule has 1 aromatic carbocycles. The summed E-state index contributed by atoms with van der Waals surface area (Å²) in [6.07, 6.45) is -4.52. The topological polar surface area (TPSA) is 96.5 Å². The molecule has 0 spiro atoms. The Morgan fingerprint density at radius 1 is 1.17 bits per heavy atom. The third-order valence-electron chi connectivity index (χ3n) is 2.44. The molecule has 0 atom stereocenters. The van der Waals surface area contributed by atoms with E-state index in [4.69, 9.17) is 0 Å². The summed E-state index contributed by atoms with van der Waals surface area (Å²) in [6, 6.07) is 4.98. The number of amides is 3. The number of carbonyl (C=O) groups is 3. The van der Waals surface area contributed by atoms with E-state index in [0.717, 1.165) is 0 Å². The predicted octanol–water partition coefficient (Wildman–Crippen LogP) is 1.27. The van der Waals surface area contributed by atoms with Gasteiger partial charge in [0.25, 0.3) is 0 Å². The van der Waals surface area contributed by atoms with Crippen molar-refractivity contribution in [3.63, 3.8) is 0 Å². The molecule has 0 heterocycles. The van der Waals surface area contributed by atoms with Gasteiger partial charge in [-0.05, 0) is 18.2 Å². The van der Waals surface area contributed by atoms with Crippen LogP contribution in [-0.4, -0.2) is 44.3 Å². The minimum absolute atomic E-state index is 0.202. The van der Waals surface area contributed by atoms with E-state index < -0.39 is 37.2 Å². The lowest BCUT2D eigenvalue weighted by Gasteiger charge is -2.10. The van der Waals surface area contributed by atoms with E-state index in [1.165, 1.54) is 31.4 Å². The van der Waals surface area contributed by atoms with Crippen molar-refractivity contribution in [2.75, 3.05) is 25.5 Å².